The summed E-state index contributed by atoms with van der Waals surface area (Å²) >= 11 is 0. The monoisotopic (exact) mass is 312 g/mol. The van der Waals surface area contributed by atoms with Gasteiger partial charge in [-0.1, -0.05) is 12.1 Å². The molecule has 0 saturated heterocycles. The summed E-state index contributed by atoms with van der Waals surface area (Å²) in [6.45, 7) is 4.79. The topological polar surface area (TPSA) is 42.0 Å². The molecule has 2 aromatic rings. The Labute approximate surface area is 135 Å². The van der Waals surface area contributed by atoms with E-state index in [4.69, 9.17) is 4.98 Å². The quantitative estimate of drug-likeness (QED) is 0.936. The van der Waals surface area contributed by atoms with Crippen LogP contribution in [0.1, 0.15) is 37.2 Å². The van der Waals surface area contributed by atoms with Crippen molar-refractivity contribution in [3.05, 3.63) is 59.2 Å². The number of halogens is 1. The smallest absolute Gasteiger partial charge is 0.148 e. The first-order valence-corrected chi connectivity index (χ1v) is 7.99. The Morgan fingerprint density at radius 3 is 2.70 bits per heavy atom. The van der Waals surface area contributed by atoms with Gasteiger partial charge >= 0.3 is 0 Å². The predicted molar refractivity (Wildman–Crippen MR) is 89.2 cm³/mol. The summed E-state index contributed by atoms with van der Waals surface area (Å²) in [7, 11) is 0. The highest BCUT2D eigenvalue weighted by atomic mass is 19.1. The number of carbonyl (C=O) groups excluding carboxylic acids is 1. The number of hydrogen-bond acceptors (Lipinski definition) is 3. The van der Waals surface area contributed by atoms with Gasteiger partial charge in [0.15, 0.2) is 0 Å². The third-order valence-corrected chi connectivity index (χ3v) is 4.50. The first kappa shape index (κ1) is 15.7. The van der Waals surface area contributed by atoms with E-state index in [1.165, 1.54) is 12.1 Å². The number of aromatic nitrogens is 1. The Bertz CT molecular complexity index is 723. The van der Waals surface area contributed by atoms with Gasteiger partial charge in [-0.3, -0.25) is 9.78 Å². The molecule has 1 aliphatic heterocycles. The number of nitrogens with one attached hydrogen (secondary N) is 1. The number of pyridine rings is 1. The second-order valence-electron chi connectivity index (χ2n) is 6.57. The summed E-state index contributed by atoms with van der Waals surface area (Å²) in [5, 5.41) is 3.33. The fraction of sp³-hybridized carbons (Fsp3) is 0.368. The molecule has 0 radical (unpaired) electrons. The molecule has 3 rings (SSSR count). The Kier molecular flexibility index (Phi) is 4.16. The number of benzene rings is 1. The van der Waals surface area contributed by atoms with Gasteiger partial charge in [-0.2, -0.15) is 0 Å². The van der Waals surface area contributed by atoms with Crippen LogP contribution in [0.25, 0.3) is 0 Å². The minimum absolute atomic E-state index is 0.0836. The van der Waals surface area contributed by atoms with Crippen molar-refractivity contribution in [3.8, 4) is 0 Å². The number of carbonyl (C=O) groups is 1. The van der Waals surface area contributed by atoms with Crippen molar-refractivity contribution in [2.75, 3.05) is 11.9 Å². The lowest BCUT2D eigenvalue weighted by Gasteiger charge is -2.25. The first-order chi connectivity index (χ1) is 11.0. The maximum absolute atomic E-state index is 13.0. The number of fused-ring (bicyclic) bond motifs is 1. The van der Waals surface area contributed by atoms with Gasteiger partial charge in [0, 0.05) is 13.0 Å². The first-order valence-electron chi connectivity index (χ1n) is 7.99. The summed E-state index contributed by atoms with van der Waals surface area (Å²) in [4.78, 5) is 17.5. The number of anilines is 1. The van der Waals surface area contributed by atoms with Gasteiger partial charge in [0.2, 0.25) is 0 Å². The van der Waals surface area contributed by atoms with E-state index < -0.39 is 5.41 Å². The zero-order valence-corrected chi connectivity index (χ0v) is 13.5. The molecule has 120 valence electrons. The Morgan fingerprint density at radius 2 is 1.96 bits per heavy atom. The molecule has 0 atom stereocenters. The Hall–Kier alpha value is -2.23. The SMILES string of the molecule is CC(C)(C(=O)Cc1ccc(F)cc1)c1ccc2c(n1)CCCN2. The van der Waals surface area contributed by atoms with Crippen LogP contribution in [0.2, 0.25) is 0 Å². The molecule has 23 heavy (non-hydrogen) atoms. The number of ketones is 1. The van der Waals surface area contributed by atoms with Gasteiger partial charge in [0.25, 0.3) is 0 Å². The molecule has 0 saturated carbocycles. The lowest BCUT2D eigenvalue weighted by Crippen LogP contribution is -2.32. The third-order valence-electron chi connectivity index (χ3n) is 4.50. The summed E-state index contributed by atoms with van der Waals surface area (Å²) in [6, 6.07) is 10.0. The minimum Gasteiger partial charge on any atom is -0.384 e. The van der Waals surface area contributed by atoms with E-state index >= 15 is 0 Å². The van der Waals surface area contributed by atoms with Crippen LogP contribution >= 0.6 is 0 Å². The number of nitrogens with zero attached hydrogens (tertiary/aromatic N) is 1. The standard InChI is InChI=1S/C19H21FN2O/c1-19(2,18(23)12-13-5-7-14(20)8-6-13)17-10-9-15-16(22-17)4-3-11-21-15/h5-10,21H,3-4,11-12H2,1-2H3. The molecule has 4 heteroatoms. The van der Waals surface area contributed by atoms with Crippen LogP contribution in [0.15, 0.2) is 36.4 Å². The maximum Gasteiger partial charge on any atom is 0.148 e. The molecule has 0 amide bonds. The Balaban J connectivity index is 1.82. The zero-order chi connectivity index (χ0) is 16.4. The van der Waals surface area contributed by atoms with Crippen LogP contribution in [0.3, 0.4) is 0 Å². The summed E-state index contributed by atoms with van der Waals surface area (Å²) in [5.41, 5.74) is 3.07. The molecule has 1 N–H and O–H groups in total. The highest BCUT2D eigenvalue weighted by Crippen LogP contribution is 2.28. The van der Waals surface area contributed by atoms with Crippen molar-refractivity contribution in [1.82, 2.24) is 4.98 Å². The predicted octanol–water partition coefficient (Wildman–Crippen LogP) is 3.67. The van der Waals surface area contributed by atoms with E-state index in [9.17, 15) is 9.18 Å². The molecular formula is C19H21FN2O. The summed E-state index contributed by atoms with van der Waals surface area (Å²) in [5.74, 6) is -0.204. The Morgan fingerprint density at radius 1 is 1.22 bits per heavy atom. The van der Waals surface area contributed by atoms with Gasteiger partial charge in [0.1, 0.15) is 11.6 Å². The van der Waals surface area contributed by atoms with Gasteiger partial charge in [-0.25, -0.2) is 4.39 Å². The third kappa shape index (κ3) is 3.26. The second kappa shape index (κ2) is 6.11. The van der Waals surface area contributed by atoms with Crippen molar-refractivity contribution in [2.24, 2.45) is 0 Å². The molecule has 1 aromatic carbocycles. The molecule has 2 heterocycles. The van der Waals surface area contributed by atoms with Crippen molar-refractivity contribution >= 4 is 11.5 Å². The number of rotatable bonds is 4. The van der Waals surface area contributed by atoms with E-state index in [0.29, 0.717) is 0 Å². The van der Waals surface area contributed by atoms with Crippen LogP contribution in [0, 0.1) is 5.82 Å². The lowest BCUT2D eigenvalue weighted by molar-refractivity contribution is -0.122. The summed E-state index contributed by atoms with van der Waals surface area (Å²) in [6.07, 6.45) is 2.29. The fourth-order valence-electron chi connectivity index (χ4n) is 2.83. The average molecular weight is 312 g/mol. The molecule has 0 aliphatic carbocycles. The molecule has 0 fully saturated rings. The lowest BCUT2D eigenvalue weighted by atomic mass is 9.81. The van der Waals surface area contributed by atoms with Crippen molar-refractivity contribution in [3.63, 3.8) is 0 Å². The van der Waals surface area contributed by atoms with E-state index in [-0.39, 0.29) is 18.0 Å². The molecular weight excluding hydrogens is 291 g/mol. The highest BCUT2D eigenvalue weighted by molar-refractivity contribution is 5.90. The van der Waals surface area contributed by atoms with Crippen LogP contribution in [-0.4, -0.2) is 17.3 Å². The normalized spacial score (nSPS) is 14.0. The van der Waals surface area contributed by atoms with Gasteiger partial charge in [-0.15, -0.1) is 0 Å². The minimum atomic E-state index is -0.666. The highest BCUT2D eigenvalue weighted by Gasteiger charge is 2.31. The van der Waals surface area contributed by atoms with Gasteiger partial charge in [-0.05, 0) is 56.5 Å². The number of aryl methyl sites for hydroxylation is 1. The van der Waals surface area contributed by atoms with Crippen LogP contribution < -0.4 is 5.32 Å². The number of Topliss-reactive ketones (excluding diaryl/α,β-unsaturated/α-hetero) is 1. The zero-order valence-electron chi connectivity index (χ0n) is 13.5. The number of hydrogen-bond donors (Lipinski definition) is 1. The molecule has 0 spiro atoms. The van der Waals surface area contributed by atoms with E-state index in [1.54, 1.807) is 12.1 Å². The maximum atomic E-state index is 13.0. The molecule has 1 aromatic heterocycles. The van der Waals surface area contributed by atoms with E-state index in [0.717, 1.165) is 42.0 Å². The average Bonchev–Trinajstić information content (AvgIpc) is 2.56. The fourth-order valence-corrected chi connectivity index (χ4v) is 2.83. The summed E-state index contributed by atoms with van der Waals surface area (Å²) < 4.78 is 13.0. The molecule has 1 aliphatic rings. The van der Waals surface area contributed by atoms with Crippen LogP contribution in [-0.2, 0) is 23.1 Å². The largest absolute Gasteiger partial charge is 0.384 e. The van der Waals surface area contributed by atoms with Crippen molar-refractivity contribution < 1.29 is 9.18 Å². The van der Waals surface area contributed by atoms with E-state index in [2.05, 4.69) is 5.32 Å². The van der Waals surface area contributed by atoms with Crippen molar-refractivity contribution in [1.29, 1.82) is 0 Å². The van der Waals surface area contributed by atoms with Crippen LogP contribution in [0.4, 0.5) is 10.1 Å². The van der Waals surface area contributed by atoms with Crippen LogP contribution in [0.5, 0.6) is 0 Å². The van der Waals surface area contributed by atoms with E-state index in [1.807, 2.05) is 26.0 Å². The molecule has 3 nitrogen and oxygen atoms in total. The second-order valence-corrected chi connectivity index (χ2v) is 6.57. The molecule has 0 unspecified atom stereocenters. The van der Waals surface area contributed by atoms with Gasteiger partial charge in [0.05, 0.1) is 22.5 Å². The van der Waals surface area contributed by atoms with Crippen molar-refractivity contribution in [2.45, 2.75) is 38.5 Å². The molecule has 0 bridgehead atoms. The van der Waals surface area contributed by atoms with Gasteiger partial charge < -0.3 is 5.32 Å².